The third-order valence-electron chi connectivity index (χ3n) is 13.2. The Morgan fingerprint density at radius 1 is 0.375 bits per heavy atom. The topological polar surface area (TPSA) is 18.5 Å². The standard InChI is InChI=1S/C62H102O2/c1-43(2)35-29-25-23-27-31-37-45-52(61(17,18)19)56(64-55-48(59(11,12)13)40-34-41-49(55)60(14,15)16)51(50-46(57(5,6)7)38-33-39-47(50)58(8,9)10)53(62(20,21)22)54(45)63-42-32-28-24-26-30-36-44(3)4/h33-34,38-41,43-44H,23-32,35-37,42H2,1-22H3. The van der Waals surface area contributed by atoms with Gasteiger partial charge in [-0.1, -0.05) is 253 Å². The molecule has 0 radical (unpaired) electrons. The molecule has 0 atom stereocenters. The summed E-state index contributed by atoms with van der Waals surface area (Å²) in [7, 11) is 0. The van der Waals surface area contributed by atoms with Gasteiger partial charge in [0, 0.05) is 33.4 Å². The Morgan fingerprint density at radius 3 is 1.14 bits per heavy atom. The largest absolute Gasteiger partial charge is 0.493 e. The van der Waals surface area contributed by atoms with E-state index in [0.29, 0.717) is 0 Å². The van der Waals surface area contributed by atoms with Gasteiger partial charge in [-0.15, -0.1) is 0 Å². The van der Waals surface area contributed by atoms with E-state index in [9.17, 15) is 0 Å². The maximum absolute atomic E-state index is 8.13. The van der Waals surface area contributed by atoms with E-state index in [-0.39, 0.29) is 32.5 Å². The summed E-state index contributed by atoms with van der Waals surface area (Å²) in [4.78, 5) is 0. The average Bonchev–Trinajstić information content (AvgIpc) is 3.12. The molecular formula is C62H102O2. The fraction of sp³-hybridized carbons (Fsp3) is 0.710. The summed E-state index contributed by atoms with van der Waals surface area (Å²) >= 11 is 0. The highest BCUT2D eigenvalue weighted by Gasteiger charge is 2.41. The van der Waals surface area contributed by atoms with Gasteiger partial charge in [0.05, 0.1) is 6.61 Å². The Hall–Kier alpha value is -2.74. The van der Waals surface area contributed by atoms with Crippen LogP contribution in [0, 0.1) is 11.8 Å². The van der Waals surface area contributed by atoms with Crippen LogP contribution in [0.5, 0.6) is 17.2 Å². The highest BCUT2D eigenvalue weighted by molar-refractivity contribution is 5.87. The highest BCUT2D eigenvalue weighted by atomic mass is 16.5. The molecule has 0 aliphatic carbocycles. The molecule has 2 nitrogen and oxygen atoms in total. The quantitative estimate of drug-likeness (QED) is 0.105. The first-order chi connectivity index (χ1) is 29.3. The summed E-state index contributed by atoms with van der Waals surface area (Å²) < 4.78 is 15.6. The van der Waals surface area contributed by atoms with Gasteiger partial charge in [0.1, 0.15) is 17.2 Å². The Balaban J connectivity index is 2.66. The minimum atomic E-state index is -0.266. The number of rotatable bonds is 20. The van der Waals surface area contributed by atoms with E-state index in [0.717, 1.165) is 55.0 Å². The molecule has 0 saturated carbocycles. The SMILES string of the molecule is CC(C)CCCCCCCOc1c(CCCCCCCC(C)C)c(C(C)(C)C)c(Oc2c(C(C)(C)C)cccc2C(C)(C)C)c(-c2c(C(C)(C)C)cccc2C(C)(C)C)c1C(C)(C)C. The van der Waals surface area contributed by atoms with Crippen molar-refractivity contribution in [2.24, 2.45) is 11.8 Å². The van der Waals surface area contributed by atoms with Crippen molar-refractivity contribution in [3.63, 3.8) is 0 Å². The molecule has 0 aromatic heterocycles. The summed E-state index contributed by atoms with van der Waals surface area (Å²) in [5.41, 5.74) is 10.7. The van der Waals surface area contributed by atoms with Crippen molar-refractivity contribution in [2.45, 2.75) is 268 Å². The Kier molecular flexibility index (Phi) is 19.4. The number of hydrogen-bond donors (Lipinski definition) is 0. The maximum atomic E-state index is 8.13. The predicted octanol–water partition coefficient (Wildman–Crippen LogP) is 19.8. The van der Waals surface area contributed by atoms with Crippen molar-refractivity contribution in [3.8, 4) is 28.4 Å². The molecule has 0 aliphatic rings. The second-order valence-electron chi connectivity index (χ2n) is 26.8. The number of ether oxygens (including phenoxy) is 2. The maximum Gasteiger partial charge on any atom is 0.139 e. The lowest BCUT2D eigenvalue weighted by molar-refractivity contribution is 0.290. The molecule has 0 aliphatic heterocycles. The fourth-order valence-electron chi connectivity index (χ4n) is 9.75. The molecule has 362 valence electrons. The van der Waals surface area contributed by atoms with E-state index < -0.39 is 0 Å². The van der Waals surface area contributed by atoms with Gasteiger partial charge in [-0.05, 0) is 80.3 Å². The molecular weight excluding hydrogens is 777 g/mol. The lowest BCUT2D eigenvalue weighted by Crippen LogP contribution is -2.26. The van der Waals surface area contributed by atoms with Gasteiger partial charge in [0.15, 0.2) is 0 Å². The first-order valence-corrected chi connectivity index (χ1v) is 26.1. The molecule has 0 N–H and O–H groups in total. The lowest BCUT2D eigenvalue weighted by Gasteiger charge is -2.39. The molecule has 0 amide bonds. The summed E-state index contributed by atoms with van der Waals surface area (Å²) in [6.45, 7) is 53.1. The molecule has 0 heterocycles. The molecule has 0 spiro atoms. The Bertz CT molecular complexity index is 1850. The summed E-state index contributed by atoms with van der Waals surface area (Å²) in [5.74, 6) is 4.72. The van der Waals surface area contributed by atoms with Crippen molar-refractivity contribution < 1.29 is 9.47 Å². The third-order valence-corrected chi connectivity index (χ3v) is 13.2. The molecule has 0 unspecified atom stereocenters. The predicted molar refractivity (Wildman–Crippen MR) is 285 cm³/mol. The van der Waals surface area contributed by atoms with Crippen molar-refractivity contribution in [1.82, 2.24) is 0 Å². The minimum absolute atomic E-state index is 0.129. The molecule has 3 rings (SSSR count). The van der Waals surface area contributed by atoms with E-state index in [2.05, 4.69) is 189 Å². The fourth-order valence-corrected chi connectivity index (χ4v) is 9.75. The molecule has 0 fully saturated rings. The van der Waals surface area contributed by atoms with E-state index in [1.165, 1.54) is 114 Å². The van der Waals surface area contributed by atoms with E-state index in [1.54, 1.807) is 0 Å². The second kappa shape index (κ2) is 22.4. The summed E-state index contributed by atoms with van der Waals surface area (Å²) in [6.07, 6.45) is 16.1. The zero-order chi connectivity index (χ0) is 48.6. The Labute approximate surface area is 398 Å². The normalized spacial score (nSPS) is 13.4. The van der Waals surface area contributed by atoms with Crippen LogP contribution in [0.15, 0.2) is 36.4 Å². The first-order valence-electron chi connectivity index (χ1n) is 26.1. The number of benzene rings is 3. The van der Waals surface area contributed by atoms with Crippen LogP contribution >= 0.6 is 0 Å². The number of unbranched alkanes of at least 4 members (excludes halogenated alkanes) is 8. The van der Waals surface area contributed by atoms with E-state index in [4.69, 9.17) is 9.47 Å². The highest BCUT2D eigenvalue weighted by Crippen LogP contribution is 2.58. The van der Waals surface area contributed by atoms with Crippen LogP contribution in [0.4, 0.5) is 0 Å². The average molecular weight is 879 g/mol. The van der Waals surface area contributed by atoms with Crippen LogP contribution in [0.2, 0.25) is 0 Å². The second-order valence-corrected chi connectivity index (χ2v) is 26.8. The summed E-state index contributed by atoms with van der Waals surface area (Å²) in [6, 6.07) is 14.0. The Morgan fingerprint density at radius 2 is 0.750 bits per heavy atom. The van der Waals surface area contributed by atoms with Crippen molar-refractivity contribution >= 4 is 0 Å². The van der Waals surface area contributed by atoms with Gasteiger partial charge in [-0.2, -0.15) is 0 Å². The van der Waals surface area contributed by atoms with Crippen LogP contribution < -0.4 is 9.47 Å². The van der Waals surface area contributed by atoms with Crippen LogP contribution in [-0.4, -0.2) is 6.61 Å². The molecule has 2 heteroatoms. The van der Waals surface area contributed by atoms with Crippen LogP contribution in [0.3, 0.4) is 0 Å². The lowest BCUT2D eigenvalue weighted by atomic mass is 9.68. The smallest absolute Gasteiger partial charge is 0.139 e. The van der Waals surface area contributed by atoms with Gasteiger partial charge in [-0.25, -0.2) is 0 Å². The van der Waals surface area contributed by atoms with Crippen LogP contribution in [0.25, 0.3) is 11.1 Å². The first kappa shape index (κ1) is 55.6. The van der Waals surface area contributed by atoms with Gasteiger partial charge < -0.3 is 9.47 Å². The third kappa shape index (κ3) is 15.4. The van der Waals surface area contributed by atoms with Crippen molar-refractivity contribution in [2.75, 3.05) is 6.61 Å². The molecule has 3 aromatic rings. The van der Waals surface area contributed by atoms with Crippen LogP contribution in [-0.2, 0) is 38.9 Å². The van der Waals surface area contributed by atoms with Crippen LogP contribution in [0.1, 0.15) is 268 Å². The monoisotopic (exact) mass is 879 g/mol. The molecule has 0 saturated heterocycles. The van der Waals surface area contributed by atoms with Gasteiger partial charge in [0.25, 0.3) is 0 Å². The van der Waals surface area contributed by atoms with Gasteiger partial charge in [-0.3, -0.25) is 0 Å². The zero-order valence-corrected chi connectivity index (χ0v) is 46.3. The van der Waals surface area contributed by atoms with Crippen molar-refractivity contribution in [1.29, 1.82) is 0 Å². The summed E-state index contributed by atoms with van der Waals surface area (Å²) in [5, 5.41) is 0. The van der Waals surface area contributed by atoms with Gasteiger partial charge in [0.2, 0.25) is 0 Å². The number of hydrogen-bond acceptors (Lipinski definition) is 2. The van der Waals surface area contributed by atoms with Gasteiger partial charge >= 0.3 is 0 Å². The van der Waals surface area contributed by atoms with E-state index >= 15 is 0 Å². The molecule has 3 aromatic carbocycles. The zero-order valence-electron chi connectivity index (χ0n) is 46.3. The van der Waals surface area contributed by atoms with E-state index in [1.807, 2.05) is 0 Å². The number of para-hydroxylation sites is 1. The minimum Gasteiger partial charge on any atom is -0.493 e. The molecule has 64 heavy (non-hydrogen) atoms. The molecule has 0 bridgehead atoms. The van der Waals surface area contributed by atoms with Crippen molar-refractivity contribution in [3.05, 3.63) is 75.3 Å².